The van der Waals surface area contributed by atoms with Gasteiger partial charge in [0.15, 0.2) is 0 Å². The minimum absolute atomic E-state index is 0.0187. The molecule has 2 aliphatic heterocycles. The standard InChI is InChI=1S/C14H22N2O4/c1-9(2)16-8-11(6-12(16)17)13(18)15-5-3-4-10(7-15)14(19)20/h9-11H,3-8H2,1-2H3,(H,19,20)/t10-,11?/m0/s1. The third kappa shape index (κ3) is 2.94. The highest BCUT2D eigenvalue weighted by molar-refractivity contribution is 5.89. The van der Waals surface area contributed by atoms with Crippen LogP contribution in [0.2, 0.25) is 0 Å². The molecule has 2 amide bonds. The summed E-state index contributed by atoms with van der Waals surface area (Å²) in [6.07, 6.45) is 1.60. The van der Waals surface area contributed by atoms with Gasteiger partial charge in [-0.2, -0.15) is 0 Å². The largest absolute Gasteiger partial charge is 0.481 e. The molecular formula is C14H22N2O4. The zero-order chi connectivity index (χ0) is 14.9. The summed E-state index contributed by atoms with van der Waals surface area (Å²) in [5.41, 5.74) is 0. The Labute approximate surface area is 118 Å². The van der Waals surface area contributed by atoms with Crippen LogP contribution in [0, 0.1) is 11.8 Å². The normalized spacial score (nSPS) is 27.2. The van der Waals surface area contributed by atoms with E-state index in [1.165, 1.54) is 0 Å². The zero-order valence-corrected chi connectivity index (χ0v) is 12.0. The molecule has 2 atom stereocenters. The van der Waals surface area contributed by atoms with E-state index in [4.69, 9.17) is 5.11 Å². The van der Waals surface area contributed by atoms with Crippen molar-refractivity contribution in [3.63, 3.8) is 0 Å². The Hall–Kier alpha value is -1.59. The molecule has 6 heteroatoms. The number of hydrogen-bond donors (Lipinski definition) is 1. The van der Waals surface area contributed by atoms with E-state index in [2.05, 4.69) is 0 Å². The maximum atomic E-state index is 12.4. The summed E-state index contributed by atoms with van der Waals surface area (Å²) in [6, 6.07) is 0.105. The third-order valence-corrected chi connectivity index (χ3v) is 4.21. The fraction of sp³-hybridized carbons (Fsp3) is 0.786. The van der Waals surface area contributed by atoms with Crippen LogP contribution in [0.1, 0.15) is 33.1 Å². The first-order valence-corrected chi connectivity index (χ1v) is 7.21. The van der Waals surface area contributed by atoms with E-state index in [0.717, 1.165) is 6.42 Å². The van der Waals surface area contributed by atoms with E-state index in [9.17, 15) is 14.4 Å². The van der Waals surface area contributed by atoms with E-state index in [0.29, 0.717) is 19.5 Å². The maximum Gasteiger partial charge on any atom is 0.308 e. The van der Waals surface area contributed by atoms with E-state index < -0.39 is 11.9 Å². The van der Waals surface area contributed by atoms with Crippen LogP contribution >= 0.6 is 0 Å². The lowest BCUT2D eigenvalue weighted by molar-refractivity contribution is -0.146. The van der Waals surface area contributed by atoms with Crippen molar-refractivity contribution in [3.05, 3.63) is 0 Å². The van der Waals surface area contributed by atoms with Gasteiger partial charge >= 0.3 is 5.97 Å². The predicted molar refractivity (Wildman–Crippen MR) is 71.9 cm³/mol. The van der Waals surface area contributed by atoms with Gasteiger partial charge in [-0.1, -0.05) is 0 Å². The smallest absolute Gasteiger partial charge is 0.308 e. The molecular weight excluding hydrogens is 260 g/mol. The molecule has 2 saturated heterocycles. The van der Waals surface area contributed by atoms with Crippen LogP contribution in [0.4, 0.5) is 0 Å². The number of rotatable bonds is 3. The van der Waals surface area contributed by atoms with E-state index in [1.807, 2.05) is 13.8 Å². The lowest BCUT2D eigenvalue weighted by Gasteiger charge is -2.32. The van der Waals surface area contributed by atoms with Crippen LogP contribution in [0.15, 0.2) is 0 Å². The summed E-state index contributed by atoms with van der Waals surface area (Å²) >= 11 is 0. The molecule has 112 valence electrons. The first kappa shape index (κ1) is 14.8. The van der Waals surface area contributed by atoms with Crippen molar-refractivity contribution in [1.82, 2.24) is 9.80 Å². The van der Waals surface area contributed by atoms with Gasteiger partial charge in [-0.25, -0.2) is 0 Å². The average Bonchev–Trinajstić information content (AvgIpc) is 2.80. The Kier molecular flexibility index (Phi) is 4.30. The van der Waals surface area contributed by atoms with Gasteiger partial charge in [-0.15, -0.1) is 0 Å². The molecule has 2 fully saturated rings. The van der Waals surface area contributed by atoms with Gasteiger partial charge in [-0.05, 0) is 26.7 Å². The van der Waals surface area contributed by atoms with Crippen molar-refractivity contribution in [3.8, 4) is 0 Å². The Bertz CT molecular complexity index is 421. The lowest BCUT2D eigenvalue weighted by atomic mass is 9.96. The summed E-state index contributed by atoms with van der Waals surface area (Å²) in [7, 11) is 0. The number of hydrogen-bond acceptors (Lipinski definition) is 3. The lowest BCUT2D eigenvalue weighted by Crippen LogP contribution is -2.45. The minimum atomic E-state index is -0.839. The summed E-state index contributed by atoms with van der Waals surface area (Å²) in [5.74, 6) is -1.66. The number of likely N-dealkylation sites (tertiary alicyclic amines) is 2. The second-order valence-corrected chi connectivity index (χ2v) is 6.00. The molecule has 0 aromatic rings. The van der Waals surface area contributed by atoms with Gasteiger partial charge in [0.25, 0.3) is 0 Å². The molecule has 20 heavy (non-hydrogen) atoms. The molecule has 1 N–H and O–H groups in total. The molecule has 0 aromatic heterocycles. The van der Waals surface area contributed by atoms with Crippen molar-refractivity contribution in [2.45, 2.75) is 39.2 Å². The van der Waals surface area contributed by atoms with E-state index in [-0.39, 0.29) is 36.7 Å². The van der Waals surface area contributed by atoms with Crippen LogP contribution in [-0.4, -0.2) is 58.4 Å². The van der Waals surface area contributed by atoms with Gasteiger partial charge < -0.3 is 14.9 Å². The molecule has 2 aliphatic rings. The molecule has 1 unspecified atom stereocenters. The molecule has 0 saturated carbocycles. The summed E-state index contributed by atoms with van der Waals surface area (Å²) in [6.45, 7) is 5.22. The van der Waals surface area contributed by atoms with Gasteiger partial charge in [0.2, 0.25) is 11.8 Å². The highest BCUT2D eigenvalue weighted by Crippen LogP contribution is 2.25. The zero-order valence-electron chi connectivity index (χ0n) is 12.0. The van der Waals surface area contributed by atoms with Crippen LogP contribution in [0.25, 0.3) is 0 Å². The molecule has 6 nitrogen and oxygen atoms in total. The second kappa shape index (κ2) is 5.81. The number of nitrogens with zero attached hydrogens (tertiary/aromatic N) is 2. The topological polar surface area (TPSA) is 77.9 Å². The maximum absolute atomic E-state index is 12.4. The highest BCUT2D eigenvalue weighted by Gasteiger charge is 2.39. The second-order valence-electron chi connectivity index (χ2n) is 6.00. The summed E-state index contributed by atoms with van der Waals surface area (Å²) in [4.78, 5) is 38.7. The van der Waals surface area contributed by atoms with Crippen molar-refractivity contribution in [2.75, 3.05) is 19.6 Å². The van der Waals surface area contributed by atoms with Crippen molar-refractivity contribution >= 4 is 17.8 Å². The summed E-state index contributed by atoms with van der Waals surface area (Å²) < 4.78 is 0. The van der Waals surface area contributed by atoms with Crippen molar-refractivity contribution in [2.24, 2.45) is 11.8 Å². The highest BCUT2D eigenvalue weighted by atomic mass is 16.4. The monoisotopic (exact) mass is 282 g/mol. The SMILES string of the molecule is CC(C)N1CC(C(=O)N2CCC[C@H](C(=O)O)C2)CC1=O. The first-order valence-electron chi connectivity index (χ1n) is 7.21. The minimum Gasteiger partial charge on any atom is -0.481 e. The number of carboxylic acids is 1. The van der Waals surface area contributed by atoms with Gasteiger partial charge in [0, 0.05) is 32.1 Å². The quantitative estimate of drug-likeness (QED) is 0.820. The Morgan fingerprint density at radius 2 is 1.95 bits per heavy atom. The van der Waals surface area contributed by atoms with Gasteiger partial charge in [0.05, 0.1) is 11.8 Å². The first-order chi connectivity index (χ1) is 9.40. The Morgan fingerprint density at radius 1 is 1.25 bits per heavy atom. The Balaban J connectivity index is 1.98. The molecule has 0 bridgehead atoms. The van der Waals surface area contributed by atoms with Gasteiger partial charge in [0.1, 0.15) is 0 Å². The third-order valence-electron chi connectivity index (χ3n) is 4.21. The number of carbonyl (C=O) groups is 3. The van der Waals surface area contributed by atoms with E-state index >= 15 is 0 Å². The molecule has 0 spiro atoms. The molecule has 0 radical (unpaired) electrons. The molecule has 0 aliphatic carbocycles. The molecule has 2 rings (SSSR count). The summed E-state index contributed by atoms with van der Waals surface area (Å²) in [5, 5.41) is 9.06. The average molecular weight is 282 g/mol. The fourth-order valence-corrected chi connectivity index (χ4v) is 3.03. The Morgan fingerprint density at radius 3 is 2.50 bits per heavy atom. The van der Waals surface area contributed by atoms with Crippen LogP contribution in [0.5, 0.6) is 0 Å². The van der Waals surface area contributed by atoms with Crippen LogP contribution in [0.3, 0.4) is 0 Å². The van der Waals surface area contributed by atoms with Crippen molar-refractivity contribution < 1.29 is 19.5 Å². The number of carboxylic acid groups (broad SMARTS) is 1. The number of aliphatic carboxylic acids is 1. The van der Waals surface area contributed by atoms with Crippen molar-refractivity contribution in [1.29, 1.82) is 0 Å². The number of piperidine rings is 1. The molecule has 2 heterocycles. The van der Waals surface area contributed by atoms with Crippen LogP contribution in [-0.2, 0) is 14.4 Å². The number of amides is 2. The number of carbonyl (C=O) groups excluding carboxylic acids is 2. The van der Waals surface area contributed by atoms with Gasteiger partial charge in [-0.3, -0.25) is 14.4 Å². The molecule has 0 aromatic carbocycles. The fourth-order valence-electron chi connectivity index (χ4n) is 3.03. The predicted octanol–water partition coefficient (Wildman–Crippen LogP) is 0.566. The van der Waals surface area contributed by atoms with E-state index in [1.54, 1.807) is 9.80 Å². The van der Waals surface area contributed by atoms with Crippen LogP contribution < -0.4 is 0 Å².